The lowest BCUT2D eigenvalue weighted by Gasteiger charge is -2.05. The first-order chi connectivity index (χ1) is 6.20. The van der Waals surface area contributed by atoms with Crippen molar-refractivity contribution in [3.05, 3.63) is 34.3 Å². The predicted molar refractivity (Wildman–Crippen MR) is 58.6 cm³/mol. The van der Waals surface area contributed by atoms with Crippen molar-refractivity contribution in [3.8, 4) is 0 Å². The van der Waals surface area contributed by atoms with Gasteiger partial charge in [0.05, 0.1) is 0 Å². The molecule has 0 spiro atoms. The lowest BCUT2D eigenvalue weighted by molar-refractivity contribution is 0.631. The summed E-state index contributed by atoms with van der Waals surface area (Å²) in [6.45, 7) is 2.10. The normalized spacial score (nSPS) is 28.5. The highest BCUT2D eigenvalue weighted by molar-refractivity contribution is 9.10. The van der Waals surface area contributed by atoms with Crippen LogP contribution in [-0.2, 0) is 0 Å². The Morgan fingerprint density at radius 2 is 2.15 bits per heavy atom. The molecule has 0 aliphatic heterocycles. The Morgan fingerprint density at radius 3 is 2.69 bits per heavy atom. The molecule has 1 aromatic rings. The van der Waals surface area contributed by atoms with Gasteiger partial charge in [-0.1, -0.05) is 34.1 Å². The van der Waals surface area contributed by atoms with Crippen LogP contribution >= 0.6 is 15.9 Å². The molecule has 3 atom stereocenters. The first-order valence-electron chi connectivity index (χ1n) is 4.70. The molecule has 70 valence electrons. The maximum atomic E-state index is 5.86. The van der Waals surface area contributed by atoms with Crippen LogP contribution in [0.4, 0.5) is 0 Å². The molecule has 13 heavy (non-hydrogen) atoms. The predicted octanol–water partition coefficient (Wildman–Crippen LogP) is 2.90. The standard InChI is InChI=1S/C11H14BrN/c1-7(13)9-6-10(9)8-4-2-3-5-11(8)12/h2-5,7,9-10H,6,13H2,1H3/t7-,9+,10-/m1/s1. The number of halogens is 1. The summed E-state index contributed by atoms with van der Waals surface area (Å²) < 4.78 is 1.23. The molecule has 0 unspecified atom stereocenters. The number of hydrogen-bond donors (Lipinski definition) is 1. The molecular weight excluding hydrogens is 226 g/mol. The largest absolute Gasteiger partial charge is 0.328 e. The van der Waals surface area contributed by atoms with Gasteiger partial charge in [-0.25, -0.2) is 0 Å². The second-order valence-corrected chi connectivity index (χ2v) is 4.74. The van der Waals surface area contributed by atoms with Crippen LogP contribution in [-0.4, -0.2) is 6.04 Å². The number of nitrogens with two attached hydrogens (primary N) is 1. The molecule has 2 rings (SSSR count). The van der Waals surface area contributed by atoms with Gasteiger partial charge in [0.25, 0.3) is 0 Å². The first kappa shape index (κ1) is 9.22. The monoisotopic (exact) mass is 239 g/mol. The zero-order valence-corrected chi connectivity index (χ0v) is 9.29. The van der Waals surface area contributed by atoms with Gasteiger partial charge in [-0.2, -0.15) is 0 Å². The van der Waals surface area contributed by atoms with E-state index in [1.54, 1.807) is 0 Å². The van der Waals surface area contributed by atoms with E-state index >= 15 is 0 Å². The minimum Gasteiger partial charge on any atom is -0.328 e. The maximum Gasteiger partial charge on any atom is 0.0210 e. The van der Waals surface area contributed by atoms with Crippen molar-refractivity contribution in [3.63, 3.8) is 0 Å². The van der Waals surface area contributed by atoms with Crippen LogP contribution in [0.1, 0.15) is 24.8 Å². The summed E-state index contributed by atoms with van der Waals surface area (Å²) in [5.74, 6) is 1.38. The third-order valence-electron chi connectivity index (χ3n) is 2.82. The van der Waals surface area contributed by atoms with Crippen LogP contribution in [0.3, 0.4) is 0 Å². The van der Waals surface area contributed by atoms with Crippen molar-refractivity contribution in [2.75, 3.05) is 0 Å². The maximum absolute atomic E-state index is 5.86. The molecule has 0 amide bonds. The van der Waals surface area contributed by atoms with Crippen LogP contribution in [0.15, 0.2) is 28.7 Å². The van der Waals surface area contributed by atoms with Crippen molar-refractivity contribution < 1.29 is 0 Å². The fourth-order valence-electron chi connectivity index (χ4n) is 1.93. The molecular formula is C11H14BrN. The molecule has 1 aliphatic rings. The zero-order chi connectivity index (χ0) is 9.42. The highest BCUT2D eigenvalue weighted by atomic mass is 79.9. The summed E-state index contributed by atoms with van der Waals surface area (Å²) in [4.78, 5) is 0. The average Bonchev–Trinajstić information content (AvgIpc) is 2.84. The molecule has 1 aromatic carbocycles. The van der Waals surface area contributed by atoms with E-state index in [0.717, 1.165) is 0 Å². The van der Waals surface area contributed by atoms with Crippen molar-refractivity contribution >= 4 is 15.9 Å². The van der Waals surface area contributed by atoms with Gasteiger partial charge in [0, 0.05) is 10.5 Å². The Balaban J connectivity index is 2.16. The SMILES string of the molecule is C[C@@H](N)[C@@H]1C[C@@H]1c1ccccc1Br. The molecule has 0 saturated heterocycles. The third-order valence-corrected chi connectivity index (χ3v) is 3.54. The quantitative estimate of drug-likeness (QED) is 0.845. The fraction of sp³-hybridized carbons (Fsp3) is 0.455. The summed E-state index contributed by atoms with van der Waals surface area (Å²) in [5.41, 5.74) is 7.28. The van der Waals surface area contributed by atoms with Crippen molar-refractivity contribution in [1.29, 1.82) is 0 Å². The Morgan fingerprint density at radius 1 is 1.46 bits per heavy atom. The minimum absolute atomic E-state index is 0.331. The molecule has 1 nitrogen and oxygen atoms in total. The molecule has 2 heteroatoms. The summed E-state index contributed by atoms with van der Waals surface area (Å²) in [5, 5.41) is 0. The van der Waals surface area contributed by atoms with Crippen LogP contribution in [0.5, 0.6) is 0 Å². The summed E-state index contributed by atoms with van der Waals surface area (Å²) in [6, 6.07) is 8.77. The highest BCUT2D eigenvalue weighted by Gasteiger charge is 2.41. The molecule has 0 heterocycles. The Bertz CT molecular complexity index is 309. The Labute approximate surface area is 87.5 Å². The van der Waals surface area contributed by atoms with Gasteiger partial charge < -0.3 is 5.73 Å². The van der Waals surface area contributed by atoms with Crippen molar-refractivity contribution in [1.82, 2.24) is 0 Å². The average molecular weight is 240 g/mol. The molecule has 2 N–H and O–H groups in total. The second-order valence-electron chi connectivity index (χ2n) is 3.89. The van der Waals surface area contributed by atoms with E-state index in [2.05, 4.69) is 47.1 Å². The van der Waals surface area contributed by atoms with Crippen molar-refractivity contribution in [2.45, 2.75) is 25.3 Å². The minimum atomic E-state index is 0.331. The number of hydrogen-bond acceptors (Lipinski definition) is 1. The fourth-order valence-corrected chi connectivity index (χ4v) is 2.51. The summed E-state index contributed by atoms with van der Waals surface area (Å²) in [7, 11) is 0. The summed E-state index contributed by atoms with van der Waals surface area (Å²) >= 11 is 3.57. The van der Waals surface area contributed by atoms with Gasteiger partial charge in [0.2, 0.25) is 0 Å². The van der Waals surface area contributed by atoms with Gasteiger partial charge in [0.15, 0.2) is 0 Å². The van der Waals surface area contributed by atoms with Crippen LogP contribution in [0.25, 0.3) is 0 Å². The van der Waals surface area contributed by atoms with Gasteiger partial charge in [-0.15, -0.1) is 0 Å². The molecule has 0 aromatic heterocycles. The van der Waals surface area contributed by atoms with Crippen LogP contribution < -0.4 is 5.73 Å². The van der Waals surface area contributed by atoms with Crippen LogP contribution in [0, 0.1) is 5.92 Å². The van der Waals surface area contributed by atoms with E-state index in [1.807, 2.05) is 0 Å². The van der Waals surface area contributed by atoms with E-state index in [4.69, 9.17) is 5.73 Å². The van der Waals surface area contributed by atoms with Gasteiger partial charge in [0.1, 0.15) is 0 Å². The Kier molecular flexibility index (Phi) is 2.43. The molecule has 1 fully saturated rings. The highest BCUT2D eigenvalue weighted by Crippen LogP contribution is 2.50. The third kappa shape index (κ3) is 1.79. The molecule has 1 saturated carbocycles. The molecule has 0 bridgehead atoms. The van der Waals surface area contributed by atoms with Gasteiger partial charge in [-0.3, -0.25) is 0 Å². The van der Waals surface area contributed by atoms with Crippen molar-refractivity contribution in [2.24, 2.45) is 11.7 Å². The lowest BCUT2D eigenvalue weighted by Crippen LogP contribution is -2.17. The molecule has 1 aliphatic carbocycles. The van der Waals surface area contributed by atoms with E-state index in [-0.39, 0.29) is 0 Å². The summed E-state index contributed by atoms with van der Waals surface area (Å²) in [6.07, 6.45) is 1.25. The van der Waals surface area contributed by atoms with E-state index in [0.29, 0.717) is 17.9 Å². The smallest absolute Gasteiger partial charge is 0.0210 e. The second kappa shape index (κ2) is 3.43. The first-order valence-corrected chi connectivity index (χ1v) is 5.49. The number of benzene rings is 1. The van der Waals surface area contributed by atoms with E-state index in [1.165, 1.54) is 16.5 Å². The van der Waals surface area contributed by atoms with E-state index in [9.17, 15) is 0 Å². The molecule has 0 radical (unpaired) electrons. The lowest BCUT2D eigenvalue weighted by atomic mass is 10.1. The van der Waals surface area contributed by atoms with Gasteiger partial charge >= 0.3 is 0 Å². The number of rotatable bonds is 2. The van der Waals surface area contributed by atoms with Gasteiger partial charge in [-0.05, 0) is 36.8 Å². The zero-order valence-electron chi connectivity index (χ0n) is 7.70. The van der Waals surface area contributed by atoms with E-state index < -0.39 is 0 Å². The Hall–Kier alpha value is -0.340. The van der Waals surface area contributed by atoms with Crippen LogP contribution in [0.2, 0.25) is 0 Å². The topological polar surface area (TPSA) is 26.0 Å².